The molecule has 6 heteroatoms. The van der Waals surface area contributed by atoms with Gasteiger partial charge in [-0.05, 0) is 12.8 Å². The van der Waals surface area contributed by atoms with E-state index in [9.17, 15) is 0 Å². The molecule has 1 aromatic rings. The van der Waals surface area contributed by atoms with Gasteiger partial charge in [-0.3, -0.25) is 0 Å². The second-order valence-corrected chi connectivity index (χ2v) is 4.11. The van der Waals surface area contributed by atoms with Gasteiger partial charge >= 0.3 is 0 Å². The number of ether oxygens (including phenoxy) is 1. The first-order valence-corrected chi connectivity index (χ1v) is 5.44. The van der Waals surface area contributed by atoms with Crippen LogP contribution >= 0.6 is 11.5 Å². The van der Waals surface area contributed by atoms with Crippen LogP contribution in [0.2, 0.25) is 0 Å². The number of anilines is 2. The van der Waals surface area contributed by atoms with E-state index in [2.05, 4.69) is 14.3 Å². The van der Waals surface area contributed by atoms with E-state index in [1.54, 1.807) is 7.11 Å². The van der Waals surface area contributed by atoms with E-state index in [1.807, 2.05) is 0 Å². The first kappa shape index (κ1) is 9.67. The monoisotopic (exact) mass is 214 g/mol. The zero-order valence-electron chi connectivity index (χ0n) is 8.14. The van der Waals surface area contributed by atoms with Crippen LogP contribution in [-0.2, 0) is 4.74 Å². The second kappa shape index (κ2) is 4.10. The molecule has 0 aliphatic carbocycles. The smallest absolute Gasteiger partial charge is 0.233 e. The van der Waals surface area contributed by atoms with E-state index in [4.69, 9.17) is 10.5 Å². The van der Waals surface area contributed by atoms with Crippen LogP contribution in [0, 0.1) is 0 Å². The molecule has 0 radical (unpaired) electrons. The average molecular weight is 214 g/mol. The zero-order valence-corrected chi connectivity index (χ0v) is 8.96. The van der Waals surface area contributed by atoms with Gasteiger partial charge in [0.2, 0.25) is 11.1 Å². The van der Waals surface area contributed by atoms with E-state index in [0.717, 1.165) is 31.1 Å². The quantitative estimate of drug-likeness (QED) is 0.786. The summed E-state index contributed by atoms with van der Waals surface area (Å²) in [6.45, 7) is 1.92. The van der Waals surface area contributed by atoms with E-state index >= 15 is 0 Å². The Bertz CT molecular complexity index is 303. The number of hydrogen-bond acceptors (Lipinski definition) is 6. The summed E-state index contributed by atoms with van der Waals surface area (Å²) >= 11 is 1.35. The molecule has 1 atom stereocenters. The number of methoxy groups -OCH3 is 1. The van der Waals surface area contributed by atoms with E-state index < -0.39 is 0 Å². The third-order valence-electron chi connectivity index (χ3n) is 2.41. The minimum atomic E-state index is 0.314. The molecular formula is C8H14N4OS. The highest BCUT2D eigenvalue weighted by Gasteiger charge is 2.21. The lowest BCUT2D eigenvalue weighted by Crippen LogP contribution is -2.39. The molecule has 0 saturated carbocycles. The second-order valence-electron chi connectivity index (χ2n) is 3.38. The van der Waals surface area contributed by atoms with E-state index in [-0.39, 0.29) is 0 Å². The molecule has 78 valence electrons. The number of nitrogens with two attached hydrogens (primary N) is 1. The number of rotatable bonds is 2. The number of nitrogens with zero attached hydrogens (tertiary/aromatic N) is 3. The SMILES string of the molecule is COC1CCCN(c2nc(N)ns2)C1. The highest BCUT2D eigenvalue weighted by atomic mass is 32.1. The van der Waals surface area contributed by atoms with Crippen LogP contribution < -0.4 is 10.6 Å². The van der Waals surface area contributed by atoms with Gasteiger partial charge in [0.05, 0.1) is 6.10 Å². The fraction of sp³-hybridized carbons (Fsp3) is 0.750. The van der Waals surface area contributed by atoms with Crippen LogP contribution in [0.25, 0.3) is 0 Å². The Balaban J connectivity index is 2.04. The van der Waals surface area contributed by atoms with Crippen molar-refractivity contribution in [3.05, 3.63) is 0 Å². The van der Waals surface area contributed by atoms with Crippen molar-refractivity contribution in [2.75, 3.05) is 30.8 Å². The molecule has 1 aliphatic rings. The summed E-state index contributed by atoms with van der Waals surface area (Å²) in [6.07, 6.45) is 2.58. The Morgan fingerprint density at radius 2 is 2.50 bits per heavy atom. The highest BCUT2D eigenvalue weighted by molar-refractivity contribution is 7.09. The largest absolute Gasteiger partial charge is 0.380 e. The fourth-order valence-electron chi connectivity index (χ4n) is 1.66. The Labute approximate surface area is 87.0 Å². The maximum atomic E-state index is 5.48. The van der Waals surface area contributed by atoms with Gasteiger partial charge < -0.3 is 15.4 Å². The van der Waals surface area contributed by atoms with Crippen LogP contribution in [0.3, 0.4) is 0 Å². The summed E-state index contributed by atoms with van der Waals surface area (Å²) in [4.78, 5) is 6.34. The predicted molar refractivity (Wildman–Crippen MR) is 56.6 cm³/mol. The zero-order chi connectivity index (χ0) is 9.97. The molecular weight excluding hydrogens is 200 g/mol. The van der Waals surface area contributed by atoms with Gasteiger partial charge in [-0.15, -0.1) is 0 Å². The lowest BCUT2D eigenvalue weighted by Gasteiger charge is -2.31. The van der Waals surface area contributed by atoms with E-state index in [1.165, 1.54) is 11.5 Å². The molecule has 2 rings (SSSR count). The molecule has 5 nitrogen and oxygen atoms in total. The number of hydrogen-bond donors (Lipinski definition) is 1. The van der Waals surface area contributed by atoms with Gasteiger partial charge in [0.15, 0.2) is 0 Å². The molecule has 1 unspecified atom stereocenters. The molecule has 1 fully saturated rings. The predicted octanol–water partition coefficient (Wildman–Crippen LogP) is 0.736. The average Bonchev–Trinajstić information content (AvgIpc) is 2.65. The first-order chi connectivity index (χ1) is 6.79. The van der Waals surface area contributed by atoms with Crippen molar-refractivity contribution < 1.29 is 4.74 Å². The molecule has 2 heterocycles. The third-order valence-corrected chi connectivity index (χ3v) is 3.20. The van der Waals surface area contributed by atoms with Gasteiger partial charge in [-0.2, -0.15) is 9.36 Å². The van der Waals surface area contributed by atoms with Gasteiger partial charge in [-0.25, -0.2) is 0 Å². The Morgan fingerprint density at radius 1 is 1.64 bits per heavy atom. The van der Waals surface area contributed by atoms with Crippen molar-refractivity contribution in [2.45, 2.75) is 18.9 Å². The van der Waals surface area contributed by atoms with Crippen molar-refractivity contribution in [1.29, 1.82) is 0 Å². The molecule has 0 amide bonds. The molecule has 2 N–H and O–H groups in total. The number of nitrogen functional groups attached to an aromatic ring is 1. The number of aromatic nitrogens is 2. The molecule has 14 heavy (non-hydrogen) atoms. The molecule has 1 aromatic heterocycles. The van der Waals surface area contributed by atoms with Crippen LogP contribution in [0.5, 0.6) is 0 Å². The van der Waals surface area contributed by atoms with Crippen LogP contribution in [0.15, 0.2) is 0 Å². The standard InChI is InChI=1S/C8H14N4OS/c1-13-6-3-2-4-12(5-6)8-10-7(9)11-14-8/h6H,2-5H2,1H3,(H2,9,11). The van der Waals surface area contributed by atoms with Gasteiger partial charge in [0, 0.05) is 31.7 Å². The molecule has 0 bridgehead atoms. The summed E-state index contributed by atoms with van der Waals surface area (Å²) in [6, 6.07) is 0. The summed E-state index contributed by atoms with van der Waals surface area (Å²) < 4.78 is 9.30. The number of piperidine rings is 1. The van der Waals surface area contributed by atoms with Crippen LogP contribution in [-0.4, -0.2) is 35.7 Å². The van der Waals surface area contributed by atoms with Crippen molar-refractivity contribution >= 4 is 22.6 Å². The Morgan fingerprint density at radius 3 is 3.14 bits per heavy atom. The summed E-state index contributed by atoms with van der Waals surface area (Å²) in [5.74, 6) is 0.365. The molecule has 1 aliphatic heterocycles. The first-order valence-electron chi connectivity index (χ1n) is 4.66. The van der Waals surface area contributed by atoms with Gasteiger partial charge in [0.25, 0.3) is 0 Å². The topological polar surface area (TPSA) is 64.3 Å². The van der Waals surface area contributed by atoms with Gasteiger partial charge in [-0.1, -0.05) is 0 Å². The van der Waals surface area contributed by atoms with Crippen molar-refractivity contribution in [3.63, 3.8) is 0 Å². The Hall–Kier alpha value is -0.880. The van der Waals surface area contributed by atoms with Crippen molar-refractivity contribution in [3.8, 4) is 0 Å². The Kier molecular flexibility index (Phi) is 2.83. The van der Waals surface area contributed by atoms with Gasteiger partial charge in [0.1, 0.15) is 0 Å². The normalized spacial score (nSPS) is 22.6. The third kappa shape index (κ3) is 1.96. The molecule has 0 aromatic carbocycles. The summed E-state index contributed by atoms with van der Waals surface area (Å²) in [5, 5.41) is 0.907. The maximum absolute atomic E-state index is 5.48. The van der Waals surface area contributed by atoms with Crippen molar-refractivity contribution in [2.24, 2.45) is 0 Å². The molecule has 1 saturated heterocycles. The van der Waals surface area contributed by atoms with Crippen LogP contribution in [0.4, 0.5) is 11.1 Å². The summed E-state index contributed by atoms with van der Waals surface area (Å²) in [5.41, 5.74) is 5.48. The minimum Gasteiger partial charge on any atom is -0.380 e. The summed E-state index contributed by atoms with van der Waals surface area (Å²) in [7, 11) is 1.75. The fourth-order valence-corrected chi connectivity index (χ4v) is 2.29. The maximum Gasteiger partial charge on any atom is 0.233 e. The van der Waals surface area contributed by atoms with Crippen LogP contribution in [0.1, 0.15) is 12.8 Å². The minimum absolute atomic E-state index is 0.314. The van der Waals surface area contributed by atoms with E-state index in [0.29, 0.717) is 12.1 Å². The molecule has 0 spiro atoms. The lowest BCUT2D eigenvalue weighted by atomic mass is 10.1. The van der Waals surface area contributed by atoms with Crippen molar-refractivity contribution in [1.82, 2.24) is 9.36 Å². The highest BCUT2D eigenvalue weighted by Crippen LogP contribution is 2.23. The lowest BCUT2D eigenvalue weighted by molar-refractivity contribution is 0.0893.